The molecule has 1 heterocycles. The van der Waals surface area contributed by atoms with Crippen molar-refractivity contribution in [3.8, 4) is 45.3 Å². The second-order valence-electron chi connectivity index (χ2n) is 15.4. The van der Waals surface area contributed by atoms with Gasteiger partial charge >= 0.3 is 0 Å². The summed E-state index contributed by atoms with van der Waals surface area (Å²) in [4.78, 5) is 16.3. The monoisotopic (exact) mass is 725 g/mol. The van der Waals surface area contributed by atoms with Crippen molar-refractivity contribution < 1.29 is 0 Å². The molecule has 0 saturated carbocycles. The topological polar surface area (TPSA) is 38.7 Å². The van der Waals surface area contributed by atoms with Crippen LogP contribution in [0.3, 0.4) is 0 Å². The lowest BCUT2D eigenvalue weighted by Gasteiger charge is -2.48. The Labute approximate surface area is 331 Å². The molecular formula is C54H35N3. The Hall–Kier alpha value is -7.23. The number of fused-ring (bicyclic) bond motifs is 12. The predicted molar refractivity (Wildman–Crippen MR) is 233 cm³/mol. The number of benzene rings is 8. The van der Waals surface area contributed by atoms with Crippen LogP contribution in [0.25, 0.3) is 72.4 Å². The summed E-state index contributed by atoms with van der Waals surface area (Å²) in [5, 5.41) is 4.52. The molecule has 12 rings (SSSR count). The quantitative estimate of drug-likeness (QED) is 0.181. The molecule has 1 unspecified atom stereocenters. The summed E-state index contributed by atoms with van der Waals surface area (Å²) in [5.41, 5.74) is 12.4. The lowest BCUT2D eigenvalue weighted by Crippen LogP contribution is -2.47. The molecule has 1 aromatic heterocycles. The van der Waals surface area contributed by atoms with Gasteiger partial charge in [-0.2, -0.15) is 0 Å². The zero-order chi connectivity index (χ0) is 37.6. The fourth-order valence-electron chi connectivity index (χ4n) is 10.7. The Balaban J connectivity index is 1.19. The van der Waals surface area contributed by atoms with Crippen LogP contribution < -0.4 is 0 Å². The van der Waals surface area contributed by atoms with Crippen molar-refractivity contribution in [1.29, 1.82) is 0 Å². The lowest BCUT2D eigenvalue weighted by atomic mass is 9.52. The molecule has 9 aromatic rings. The van der Waals surface area contributed by atoms with Gasteiger partial charge in [-0.3, -0.25) is 0 Å². The van der Waals surface area contributed by atoms with E-state index < -0.39 is 10.8 Å². The number of hydrogen-bond donors (Lipinski definition) is 0. The van der Waals surface area contributed by atoms with Gasteiger partial charge in [-0.05, 0) is 72.5 Å². The summed E-state index contributed by atoms with van der Waals surface area (Å²) in [6, 6.07) is 66.0. The molecule has 0 N–H and O–H groups in total. The number of aromatic nitrogens is 3. The van der Waals surface area contributed by atoms with E-state index in [1.54, 1.807) is 0 Å². The average Bonchev–Trinajstić information content (AvgIpc) is 3.74. The molecule has 3 heteroatoms. The maximum absolute atomic E-state index is 5.49. The molecule has 0 aliphatic heterocycles. The normalized spacial score (nSPS) is 16.9. The summed E-state index contributed by atoms with van der Waals surface area (Å²) in [7, 11) is 0. The molecule has 0 bridgehead atoms. The lowest BCUT2D eigenvalue weighted by molar-refractivity contribution is 0.413. The Bertz CT molecular complexity index is 3040. The van der Waals surface area contributed by atoms with Crippen molar-refractivity contribution in [2.45, 2.75) is 17.3 Å². The zero-order valence-electron chi connectivity index (χ0n) is 31.1. The minimum atomic E-state index is -0.517. The van der Waals surface area contributed by atoms with Gasteiger partial charge in [-0.25, -0.2) is 15.0 Å². The molecule has 0 amide bonds. The third-order valence-corrected chi connectivity index (χ3v) is 12.8. The van der Waals surface area contributed by atoms with E-state index in [-0.39, 0.29) is 0 Å². The smallest absolute Gasteiger partial charge is 0.164 e. The second-order valence-corrected chi connectivity index (χ2v) is 15.4. The van der Waals surface area contributed by atoms with Crippen LogP contribution in [0.5, 0.6) is 0 Å². The molecule has 57 heavy (non-hydrogen) atoms. The van der Waals surface area contributed by atoms with Crippen molar-refractivity contribution in [3.63, 3.8) is 0 Å². The summed E-state index contributed by atoms with van der Waals surface area (Å²) in [6.07, 6.45) is 7.80. The van der Waals surface area contributed by atoms with Gasteiger partial charge in [0.15, 0.2) is 17.5 Å². The van der Waals surface area contributed by atoms with Gasteiger partial charge in [0.1, 0.15) is 0 Å². The van der Waals surface area contributed by atoms with E-state index >= 15 is 0 Å². The van der Waals surface area contributed by atoms with Gasteiger partial charge in [0.25, 0.3) is 0 Å². The first-order valence-electron chi connectivity index (χ1n) is 19.8. The largest absolute Gasteiger partial charge is 0.208 e. The highest BCUT2D eigenvalue weighted by Gasteiger charge is 2.66. The molecule has 3 aliphatic carbocycles. The zero-order valence-corrected chi connectivity index (χ0v) is 31.1. The highest BCUT2D eigenvalue weighted by atomic mass is 15.0. The Kier molecular flexibility index (Phi) is 6.82. The molecule has 3 nitrogen and oxygen atoms in total. The Morgan fingerprint density at radius 1 is 0.351 bits per heavy atom. The first-order valence-corrected chi connectivity index (χ1v) is 19.8. The maximum Gasteiger partial charge on any atom is 0.164 e. The number of hydrogen-bond acceptors (Lipinski definition) is 3. The number of allylic oxidation sites excluding steroid dienone is 4. The highest BCUT2D eigenvalue weighted by molar-refractivity contribution is 6.00. The van der Waals surface area contributed by atoms with Gasteiger partial charge in [0.2, 0.25) is 0 Å². The van der Waals surface area contributed by atoms with Crippen LogP contribution in [-0.4, -0.2) is 15.0 Å². The average molecular weight is 726 g/mol. The Morgan fingerprint density at radius 3 is 1.33 bits per heavy atom. The van der Waals surface area contributed by atoms with Gasteiger partial charge in [0.05, 0.1) is 5.41 Å². The van der Waals surface area contributed by atoms with E-state index in [1.807, 2.05) is 0 Å². The van der Waals surface area contributed by atoms with Crippen LogP contribution in [0.1, 0.15) is 34.2 Å². The molecule has 0 fully saturated rings. The number of nitrogens with zero attached hydrogens (tertiary/aromatic N) is 3. The van der Waals surface area contributed by atoms with Crippen LogP contribution in [0, 0.1) is 0 Å². The number of rotatable bonds is 4. The van der Waals surface area contributed by atoms with Crippen molar-refractivity contribution in [1.82, 2.24) is 15.0 Å². The van der Waals surface area contributed by atoms with Gasteiger partial charge in [0, 0.05) is 22.1 Å². The van der Waals surface area contributed by atoms with Gasteiger partial charge < -0.3 is 0 Å². The second kappa shape index (κ2) is 12.1. The fraction of sp³-hybridized carbons (Fsp3) is 0.0556. The minimum Gasteiger partial charge on any atom is -0.208 e. The first kappa shape index (κ1) is 32.1. The van der Waals surface area contributed by atoms with Crippen molar-refractivity contribution in [2.75, 3.05) is 0 Å². The maximum atomic E-state index is 5.49. The molecule has 0 saturated heterocycles. The van der Waals surface area contributed by atoms with Crippen LogP contribution in [0.2, 0.25) is 0 Å². The predicted octanol–water partition coefficient (Wildman–Crippen LogP) is 12.8. The SMILES string of the molecule is C1=CCC2(c3ccccc3-c3nc(-c4cccc5ccccc45)nc(-c4cccc5ccccc45)n3)C(=C1)c1ccccc1C21c2ccccc2-c2ccccc21. The van der Waals surface area contributed by atoms with E-state index in [0.717, 1.165) is 44.7 Å². The molecule has 1 spiro atoms. The van der Waals surface area contributed by atoms with Gasteiger partial charge in [-0.1, -0.05) is 200 Å². The molecule has 266 valence electrons. The van der Waals surface area contributed by atoms with Crippen LogP contribution in [-0.2, 0) is 10.8 Å². The van der Waals surface area contributed by atoms with E-state index in [9.17, 15) is 0 Å². The van der Waals surface area contributed by atoms with Crippen molar-refractivity contribution in [3.05, 3.63) is 228 Å². The van der Waals surface area contributed by atoms with E-state index in [1.165, 1.54) is 44.5 Å². The summed E-state index contributed by atoms with van der Waals surface area (Å²) in [6.45, 7) is 0. The Morgan fingerprint density at radius 2 is 0.754 bits per heavy atom. The molecular weight excluding hydrogens is 691 g/mol. The van der Waals surface area contributed by atoms with E-state index in [2.05, 4.69) is 200 Å². The van der Waals surface area contributed by atoms with Gasteiger partial charge in [-0.15, -0.1) is 0 Å². The molecule has 3 aliphatic rings. The molecule has 1 atom stereocenters. The van der Waals surface area contributed by atoms with Crippen LogP contribution in [0.4, 0.5) is 0 Å². The minimum absolute atomic E-state index is 0.507. The summed E-state index contributed by atoms with van der Waals surface area (Å²) in [5.74, 6) is 1.99. The van der Waals surface area contributed by atoms with Crippen LogP contribution in [0.15, 0.2) is 200 Å². The summed E-state index contributed by atoms with van der Waals surface area (Å²) >= 11 is 0. The van der Waals surface area contributed by atoms with Crippen LogP contribution >= 0.6 is 0 Å². The summed E-state index contributed by atoms with van der Waals surface area (Å²) < 4.78 is 0. The standard InChI is InChI=1S/C54H35N3/c1-3-21-37-35(17-1)19-15-27-41(37)50-55-51(42-28-16-20-36-18-2-4-22-38(36)42)57-52(56-50)44-26-8-9-29-46(44)53-34-14-13-30-45(53)43-25-7-12-33-49(43)54(53)47-31-10-5-23-39(47)40-24-6-11-32-48(40)54/h1-33H,34H2. The third-order valence-electron chi connectivity index (χ3n) is 12.8. The van der Waals surface area contributed by atoms with Crippen molar-refractivity contribution >= 4 is 27.1 Å². The van der Waals surface area contributed by atoms with E-state index in [0.29, 0.717) is 17.5 Å². The first-order chi connectivity index (χ1) is 28.3. The van der Waals surface area contributed by atoms with Crippen molar-refractivity contribution in [2.24, 2.45) is 0 Å². The fourth-order valence-corrected chi connectivity index (χ4v) is 10.7. The third kappa shape index (κ3) is 4.29. The molecule has 8 aromatic carbocycles. The van der Waals surface area contributed by atoms with E-state index in [4.69, 9.17) is 15.0 Å². The molecule has 0 radical (unpaired) electrons. The highest BCUT2D eigenvalue weighted by Crippen LogP contribution is 2.72.